The summed E-state index contributed by atoms with van der Waals surface area (Å²) < 4.78 is 48.4. The van der Waals surface area contributed by atoms with Crippen molar-refractivity contribution < 1.29 is 23.0 Å². The fraction of sp³-hybridized carbons (Fsp3) is 0.364. The highest BCUT2D eigenvalue weighted by Gasteiger charge is 2.64. The summed E-state index contributed by atoms with van der Waals surface area (Å²) in [5.74, 6) is 0.309. The molecule has 1 aliphatic rings. The van der Waals surface area contributed by atoms with Crippen LogP contribution >= 0.6 is 11.6 Å². The number of nitrogens with zero attached hydrogens (tertiary/aromatic N) is 2. The normalized spacial score (nSPS) is 22.8. The first-order valence-corrected chi connectivity index (χ1v) is 9.99. The molecule has 31 heavy (non-hydrogen) atoms. The number of rotatable bonds is 3. The van der Waals surface area contributed by atoms with Crippen molar-refractivity contribution in [3.63, 3.8) is 0 Å². The van der Waals surface area contributed by atoms with Gasteiger partial charge in [0.15, 0.2) is 5.60 Å². The number of benzene rings is 2. The van der Waals surface area contributed by atoms with E-state index in [9.17, 15) is 18.3 Å². The Bertz CT molecular complexity index is 1150. The van der Waals surface area contributed by atoms with Crippen LogP contribution in [0.1, 0.15) is 37.4 Å². The Balaban J connectivity index is 1.97. The molecular weight excluding hydrogens is 431 g/mol. The highest BCUT2D eigenvalue weighted by molar-refractivity contribution is 6.32. The van der Waals surface area contributed by atoms with Gasteiger partial charge in [-0.05, 0) is 29.5 Å². The quantitative estimate of drug-likeness (QED) is 0.556. The smallest absolute Gasteiger partial charge is 0.419 e. The molecule has 2 unspecified atom stereocenters. The second-order valence-corrected chi connectivity index (χ2v) is 8.81. The molecule has 1 heterocycles. The first kappa shape index (κ1) is 21.6. The molecule has 2 N–H and O–H groups in total. The van der Waals surface area contributed by atoms with Gasteiger partial charge in [0.05, 0.1) is 30.6 Å². The Morgan fingerprint density at radius 1 is 1.16 bits per heavy atom. The van der Waals surface area contributed by atoms with E-state index in [1.807, 2.05) is 0 Å². The van der Waals surface area contributed by atoms with E-state index < -0.39 is 29.7 Å². The maximum Gasteiger partial charge on any atom is 0.419 e. The number of aliphatic hydroxyl groups is 1. The van der Waals surface area contributed by atoms with Crippen LogP contribution in [0, 0.1) is 0 Å². The zero-order chi connectivity index (χ0) is 22.6. The van der Waals surface area contributed by atoms with E-state index in [2.05, 4.69) is 15.5 Å². The van der Waals surface area contributed by atoms with Gasteiger partial charge < -0.3 is 15.2 Å². The summed E-state index contributed by atoms with van der Waals surface area (Å²) in [6, 6.07) is 6.63. The van der Waals surface area contributed by atoms with Crippen LogP contribution < -0.4 is 10.1 Å². The van der Waals surface area contributed by atoms with E-state index in [1.165, 1.54) is 31.6 Å². The molecule has 0 saturated heterocycles. The van der Waals surface area contributed by atoms with Gasteiger partial charge in [-0.2, -0.15) is 23.4 Å². The van der Waals surface area contributed by atoms with Crippen molar-refractivity contribution >= 4 is 28.1 Å². The molecule has 0 bridgehead atoms. The number of aromatic nitrogens is 2. The third-order valence-corrected chi connectivity index (χ3v) is 6.20. The molecule has 164 valence electrons. The van der Waals surface area contributed by atoms with Gasteiger partial charge in [0.25, 0.3) is 0 Å². The maximum absolute atomic E-state index is 14.3. The Kier molecular flexibility index (Phi) is 5.05. The monoisotopic (exact) mass is 451 g/mol. The van der Waals surface area contributed by atoms with Gasteiger partial charge in [0, 0.05) is 22.0 Å². The molecule has 1 aliphatic carbocycles. The van der Waals surface area contributed by atoms with Crippen molar-refractivity contribution in [2.75, 3.05) is 12.4 Å². The molecule has 0 aliphatic heterocycles. The average molecular weight is 452 g/mol. The molecule has 3 aromatic rings. The van der Waals surface area contributed by atoms with Crippen LogP contribution in [0.3, 0.4) is 0 Å². The van der Waals surface area contributed by atoms with Crippen LogP contribution in [0.25, 0.3) is 10.8 Å². The van der Waals surface area contributed by atoms with E-state index in [4.69, 9.17) is 16.3 Å². The molecular formula is C22H21ClF3N3O2. The Morgan fingerprint density at radius 3 is 2.55 bits per heavy atom. The maximum atomic E-state index is 14.3. The Labute approximate surface area is 182 Å². The lowest BCUT2D eigenvalue weighted by molar-refractivity contribution is -0.275. The molecule has 2 atom stereocenters. The van der Waals surface area contributed by atoms with Crippen LogP contribution in [0.4, 0.5) is 18.9 Å². The van der Waals surface area contributed by atoms with E-state index >= 15 is 0 Å². The molecule has 0 spiro atoms. The minimum Gasteiger partial charge on any atom is -0.495 e. The molecule has 2 aromatic carbocycles. The fourth-order valence-electron chi connectivity index (χ4n) is 4.60. The number of methoxy groups -OCH3 is 1. The zero-order valence-electron chi connectivity index (χ0n) is 17.1. The summed E-state index contributed by atoms with van der Waals surface area (Å²) in [6.07, 6.45) is -2.47. The zero-order valence-corrected chi connectivity index (χ0v) is 17.8. The molecule has 4 rings (SSSR count). The summed E-state index contributed by atoms with van der Waals surface area (Å²) in [5.41, 5.74) is -2.88. The van der Waals surface area contributed by atoms with Crippen LogP contribution in [-0.2, 0) is 5.41 Å². The SMILES string of the molecule is COc1c(Cl)ccc2c1C(C)(C)CC(O)(C(F)(F)F)C2Nc1cccc2cnncc12. The van der Waals surface area contributed by atoms with Crippen molar-refractivity contribution in [1.29, 1.82) is 0 Å². The second kappa shape index (κ2) is 7.24. The molecule has 9 heteroatoms. The molecule has 0 amide bonds. The number of fused-ring (bicyclic) bond motifs is 2. The highest BCUT2D eigenvalue weighted by atomic mass is 35.5. The van der Waals surface area contributed by atoms with Gasteiger partial charge in [-0.1, -0.05) is 43.6 Å². The molecule has 0 saturated carbocycles. The minimum atomic E-state index is -4.89. The first-order valence-electron chi connectivity index (χ1n) is 9.61. The minimum absolute atomic E-state index is 0.274. The summed E-state index contributed by atoms with van der Waals surface area (Å²) in [7, 11) is 1.42. The average Bonchev–Trinajstić information content (AvgIpc) is 2.70. The number of halogens is 4. The lowest BCUT2D eigenvalue weighted by atomic mass is 9.63. The number of ether oxygens (including phenoxy) is 1. The van der Waals surface area contributed by atoms with E-state index in [-0.39, 0.29) is 5.56 Å². The number of hydrogen-bond donors (Lipinski definition) is 2. The molecule has 0 radical (unpaired) electrons. The summed E-state index contributed by atoms with van der Waals surface area (Å²) in [6.45, 7) is 3.29. The predicted molar refractivity (Wildman–Crippen MR) is 113 cm³/mol. The van der Waals surface area contributed by atoms with Crippen LogP contribution in [0.5, 0.6) is 5.75 Å². The highest BCUT2D eigenvalue weighted by Crippen LogP contribution is 2.57. The van der Waals surface area contributed by atoms with Crippen molar-refractivity contribution in [1.82, 2.24) is 10.2 Å². The molecule has 1 aromatic heterocycles. The number of hydrogen-bond acceptors (Lipinski definition) is 5. The van der Waals surface area contributed by atoms with Gasteiger partial charge in [-0.3, -0.25) is 0 Å². The lowest BCUT2D eigenvalue weighted by Gasteiger charge is -2.49. The lowest BCUT2D eigenvalue weighted by Crippen LogP contribution is -2.58. The van der Waals surface area contributed by atoms with Gasteiger partial charge in [0.2, 0.25) is 0 Å². The Morgan fingerprint density at radius 2 is 1.87 bits per heavy atom. The van der Waals surface area contributed by atoms with Crippen LogP contribution in [0.2, 0.25) is 5.02 Å². The van der Waals surface area contributed by atoms with Gasteiger partial charge in [-0.15, -0.1) is 0 Å². The number of anilines is 1. The second-order valence-electron chi connectivity index (χ2n) is 8.40. The van der Waals surface area contributed by atoms with Crippen molar-refractivity contribution in [3.05, 3.63) is 58.9 Å². The molecule has 0 fully saturated rings. The first-order chi connectivity index (χ1) is 14.5. The topological polar surface area (TPSA) is 67.3 Å². The largest absolute Gasteiger partial charge is 0.495 e. The molecule has 5 nitrogen and oxygen atoms in total. The summed E-state index contributed by atoms with van der Waals surface area (Å²) in [5, 5.41) is 23.3. The van der Waals surface area contributed by atoms with Crippen molar-refractivity contribution in [2.24, 2.45) is 0 Å². The van der Waals surface area contributed by atoms with Gasteiger partial charge in [0.1, 0.15) is 5.75 Å². The third kappa shape index (κ3) is 3.38. The fourth-order valence-corrected chi connectivity index (χ4v) is 4.84. The van der Waals surface area contributed by atoms with Crippen LogP contribution in [0.15, 0.2) is 42.7 Å². The van der Waals surface area contributed by atoms with E-state index in [0.29, 0.717) is 32.8 Å². The standard InChI is InChI=1S/C22H21ClF3N3O2/c1-20(2)11-21(30,22(24,25)26)19(13-7-8-15(23)18(31-3)17(13)20)29-16-6-4-5-12-9-27-28-10-14(12)16/h4-10,19,29-30H,11H2,1-3H3. The van der Waals surface area contributed by atoms with Crippen molar-refractivity contribution in [2.45, 2.75) is 43.5 Å². The summed E-state index contributed by atoms with van der Waals surface area (Å²) >= 11 is 6.29. The van der Waals surface area contributed by atoms with E-state index in [1.54, 1.807) is 32.0 Å². The van der Waals surface area contributed by atoms with Crippen LogP contribution in [-0.4, -0.2) is 34.2 Å². The van der Waals surface area contributed by atoms with Crippen molar-refractivity contribution in [3.8, 4) is 5.75 Å². The van der Waals surface area contributed by atoms with Gasteiger partial charge in [-0.25, -0.2) is 0 Å². The van der Waals surface area contributed by atoms with E-state index in [0.717, 1.165) is 0 Å². The number of alkyl halides is 3. The number of nitrogens with one attached hydrogen (secondary N) is 1. The Hall–Kier alpha value is -2.58. The van der Waals surface area contributed by atoms with Gasteiger partial charge >= 0.3 is 6.18 Å². The summed E-state index contributed by atoms with van der Waals surface area (Å²) in [4.78, 5) is 0. The third-order valence-electron chi connectivity index (χ3n) is 5.90. The predicted octanol–water partition coefficient (Wildman–Crippen LogP) is 5.42.